The summed E-state index contributed by atoms with van der Waals surface area (Å²) in [6.45, 7) is 4.31. The maximum Gasteiger partial charge on any atom is 0.409 e. The van der Waals surface area contributed by atoms with Crippen LogP contribution in [0.1, 0.15) is 76.7 Å². The average molecular weight is 399 g/mol. The summed E-state index contributed by atoms with van der Waals surface area (Å²) in [4.78, 5) is 18.6. The minimum atomic E-state index is -0.118. The molecule has 0 aromatic carbocycles. The van der Waals surface area contributed by atoms with Gasteiger partial charge in [-0.15, -0.1) is 0 Å². The van der Waals surface area contributed by atoms with Crippen LogP contribution in [-0.4, -0.2) is 35.7 Å². The number of hydrogen-bond acceptors (Lipinski definition) is 3. The van der Waals surface area contributed by atoms with E-state index >= 15 is 0 Å². The molecule has 0 saturated heterocycles. The summed E-state index contributed by atoms with van der Waals surface area (Å²) in [5.41, 5.74) is 1.86. The SMILES string of the molecule is CCCN(CCCC12CC3CC(CC(C3)C1)C2)C(=O)OCCCc1ccncc1. The van der Waals surface area contributed by atoms with E-state index < -0.39 is 0 Å². The van der Waals surface area contributed by atoms with Gasteiger partial charge in [-0.3, -0.25) is 4.98 Å². The van der Waals surface area contributed by atoms with Crippen molar-refractivity contribution in [2.45, 2.75) is 77.6 Å². The number of carbonyl (C=O) groups excluding carboxylic acids is 1. The van der Waals surface area contributed by atoms with Gasteiger partial charge in [0, 0.05) is 25.5 Å². The van der Waals surface area contributed by atoms with Gasteiger partial charge in [0.25, 0.3) is 0 Å². The zero-order valence-electron chi connectivity index (χ0n) is 18.2. The maximum absolute atomic E-state index is 12.6. The van der Waals surface area contributed by atoms with Crippen molar-refractivity contribution in [3.8, 4) is 0 Å². The van der Waals surface area contributed by atoms with E-state index in [2.05, 4.69) is 11.9 Å². The number of amides is 1. The van der Waals surface area contributed by atoms with E-state index in [0.717, 1.165) is 56.5 Å². The molecule has 0 atom stereocenters. The second-order valence-corrected chi connectivity index (χ2v) is 10.1. The van der Waals surface area contributed by atoms with Crippen molar-refractivity contribution in [2.75, 3.05) is 19.7 Å². The summed E-state index contributed by atoms with van der Waals surface area (Å²) in [6.07, 6.45) is 17.7. The molecular formula is C25H38N2O2. The molecular weight excluding hydrogens is 360 g/mol. The van der Waals surface area contributed by atoms with Gasteiger partial charge in [-0.05, 0) is 111 Å². The van der Waals surface area contributed by atoms with Gasteiger partial charge in [0.1, 0.15) is 0 Å². The van der Waals surface area contributed by atoms with E-state index in [1.165, 1.54) is 50.5 Å². The second kappa shape index (κ2) is 9.49. The molecule has 1 aromatic rings. The lowest BCUT2D eigenvalue weighted by Gasteiger charge is -2.57. The van der Waals surface area contributed by atoms with Gasteiger partial charge in [-0.2, -0.15) is 0 Å². The van der Waals surface area contributed by atoms with Crippen LogP contribution in [0.25, 0.3) is 0 Å². The minimum Gasteiger partial charge on any atom is -0.449 e. The molecule has 4 aliphatic rings. The van der Waals surface area contributed by atoms with Crippen LogP contribution in [0.15, 0.2) is 24.5 Å². The number of rotatable bonds is 10. The molecule has 1 aromatic heterocycles. The predicted octanol–water partition coefficient (Wildman–Crippen LogP) is 5.86. The molecule has 4 heteroatoms. The van der Waals surface area contributed by atoms with Crippen molar-refractivity contribution < 1.29 is 9.53 Å². The van der Waals surface area contributed by atoms with Gasteiger partial charge in [0.15, 0.2) is 0 Å². The highest BCUT2D eigenvalue weighted by molar-refractivity contribution is 5.67. The van der Waals surface area contributed by atoms with E-state index in [4.69, 9.17) is 4.74 Å². The van der Waals surface area contributed by atoms with Crippen LogP contribution >= 0.6 is 0 Å². The Labute approximate surface area is 176 Å². The Bertz CT molecular complexity index is 625. The molecule has 4 aliphatic carbocycles. The number of nitrogens with zero attached hydrogens (tertiary/aromatic N) is 2. The highest BCUT2D eigenvalue weighted by Crippen LogP contribution is 2.61. The van der Waals surface area contributed by atoms with Crippen molar-refractivity contribution in [3.63, 3.8) is 0 Å². The summed E-state index contributed by atoms with van der Waals surface area (Å²) < 4.78 is 5.60. The third kappa shape index (κ3) is 5.32. The smallest absolute Gasteiger partial charge is 0.409 e. The first kappa shape index (κ1) is 20.7. The van der Waals surface area contributed by atoms with Gasteiger partial charge in [-0.25, -0.2) is 4.79 Å². The Balaban J connectivity index is 1.19. The Hall–Kier alpha value is -1.58. The molecule has 1 amide bonds. The lowest BCUT2D eigenvalue weighted by atomic mass is 9.48. The summed E-state index contributed by atoms with van der Waals surface area (Å²) >= 11 is 0. The van der Waals surface area contributed by atoms with Gasteiger partial charge in [0.2, 0.25) is 0 Å². The molecule has 160 valence electrons. The molecule has 4 nitrogen and oxygen atoms in total. The molecule has 0 aliphatic heterocycles. The molecule has 0 N–H and O–H groups in total. The normalized spacial score (nSPS) is 29.8. The van der Waals surface area contributed by atoms with Crippen molar-refractivity contribution in [2.24, 2.45) is 23.2 Å². The second-order valence-electron chi connectivity index (χ2n) is 10.1. The molecule has 0 radical (unpaired) electrons. The van der Waals surface area contributed by atoms with Crippen LogP contribution < -0.4 is 0 Å². The molecule has 29 heavy (non-hydrogen) atoms. The summed E-state index contributed by atoms with van der Waals surface area (Å²) in [7, 11) is 0. The standard InChI is InChI=1S/C25H38N2O2/c1-2-11-27(24(28)29-13-3-5-20-6-9-26-10-7-20)12-4-8-25-17-21-14-22(18-25)16-23(15-21)19-25/h6-7,9-10,21-23H,2-5,8,11-19H2,1H3. The quantitative estimate of drug-likeness (QED) is 0.464. The van der Waals surface area contributed by atoms with Crippen molar-refractivity contribution in [1.82, 2.24) is 9.88 Å². The minimum absolute atomic E-state index is 0.118. The topological polar surface area (TPSA) is 42.4 Å². The maximum atomic E-state index is 12.6. The molecule has 0 spiro atoms. The first-order chi connectivity index (χ1) is 14.2. The fourth-order valence-corrected chi connectivity index (χ4v) is 6.88. The monoisotopic (exact) mass is 398 g/mol. The predicted molar refractivity (Wildman–Crippen MR) is 116 cm³/mol. The van der Waals surface area contributed by atoms with Gasteiger partial charge in [-0.1, -0.05) is 6.92 Å². The highest BCUT2D eigenvalue weighted by atomic mass is 16.6. The highest BCUT2D eigenvalue weighted by Gasteiger charge is 2.50. The van der Waals surface area contributed by atoms with E-state index in [9.17, 15) is 4.79 Å². The first-order valence-electron chi connectivity index (χ1n) is 12.0. The Morgan fingerprint density at radius 3 is 2.34 bits per heavy atom. The number of ether oxygens (including phenoxy) is 1. The number of carbonyl (C=O) groups is 1. The molecule has 4 bridgehead atoms. The fraction of sp³-hybridized carbons (Fsp3) is 0.760. The van der Waals surface area contributed by atoms with E-state index in [0.29, 0.717) is 12.0 Å². The van der Waals surface area contributed by atoms with Crippen molar-refractivity contribution >= 4 is 6.09 Å². The molecule has 0 unspecified atom stereocenters. The number of aromatic nitrogens is 1. The first-order valence-corrected chi connectivity index (χ1v) is 12.0. The Morgan fingerprint density at radius 1 is 1.07 bits per heavy atom. The fourth-order valence-electron chi connectivity index (χ4n) is 6.88. The number of hydrogen-bond donors (Lipinski definition) is 0. The van der Waals surface area contributed by atoms with Crippen molar-refractivity contribution in [3.05, 3.63) is 30.1 Å². The zero-order chi connectivity index (χ0) is 20.1. The van der Waals surface area contributed by atoms with Gasteiger partial charge >= 0.3 is 6.09 Å². The van der Waals surface area contributed by atoms with Gasteiger partial charge in [0.05, 0.1) is 6.61 Å². The zero-order valence-corrected chi connectivity index (χ0v) is 18.2. The van der Waals surface area contributed by atoms with Crippen molar-refractivity contribution in [1.29, 1.82) is 0 Å². The molecule has 4 fully saturated rings. The third-order valence-corrected chi connectivity index (χ3v) is 7.64. The number of aryl methyl sites for hydroxylation is 1. The van der Waals surface area contributed by atoms with E-state index in [-0.39, 0.29) is 6.09 Å². The summed E-state index contributed by atoms with van der Waals surface area (Å²) in [6, 6.07) is 4.05. The van der Waals surface area contributed by atoms with Crippen LogP contribution in [0.2, 0.25) is 0 Å². The summed E-state index contributed by atoms with van der Waals surface area (Å²) in [5, 5.41) is 0. The van der Waals surface area contributed by atoms with Crippen LogP contribution in [0, 0.1) is 23.2 Å². The molecule has 5 rings (SSSR count). The van der Waals surface area contributed by atoms with Crippen LogP contribution in [0.4, 0.5) is 4.79 Å². The van der Waals surface area contributed by atoms with Crippen LogP contribution in [-0.2, 0) is 11.2 Å². The Morgan fingerprint density at radius 2 is 1.72 bits per heavy atom. The van der Waals surface area contributed by atoms with E-state index in [1.807, 2.05) is 29.4 Å². The van der Waals surface area contributed by atoms with Crippen LogP contribution in [0.5, 0.6) is 0 Å². The molecule has 4 saturated carbocycles. The van der Waals surface area contributed by atoms with Gasteiger partial charge < -0.3 is 9.64 Å². The van der Waals surface area contributed by atoms with E-state index in [1.54, 1.807) is 0 Å². The Kier molecular flexibility index (Phi) is 6.77. The number of pyridine rings is 1. The lowest BCUT2D eigenvalue weighted by molar-refractivity contribution is -0.0589. The largest absolute Gasteiger partial charge is 0.449 e. The average Bonchev–Trinajstić information content (AvgIpc) is 2.70. The lowest BCUT2D eigenvalue weighted by Crippen LogP contribution is -2.46. The molecule has 1 heterocycles. The summed E-state index contributed by atoms with van der Waals surface area (Å²) in [5.74, 6) is 3.04. The third-order valence-electron chi connectivity index (χ3n) is 7.64. The van der Waals surface area contributed by atoms with Crippen LogP contribution in [0.3, 0.4) is 0 Å².